The molecule has 1 fully saturated rings. The quantitative estimate of drug-likeness (QED) is 0.884. The van der Waals surface area contributed by atoms with Gasteiger partial charge in [-0.2, -0.15) is 0 Å². The number of rotatable bonds is 5. The highest BCUT2D eigenvalue weighted by Gasteiger charge is 2.12. The topological polar surface area (TPSA) is 15.3 Å². The lowest BCUT2D eigenvalue weighted by molar-refractivity contribution is 0.330. The molecule has 4 heteroatoms. The number of hydrogen-bond donors (Lipinski definition) is 1. The first-order chi connectivity index (χ1) is 8.66. The third kappa shape index (κ3) is 3.67. The predicted octanol–water partition coefficient (Wildman–Crippen LogP) is 3.23. The fourth-order valence-corrected chi connectivity index (χ4v) is 2.53. The largest absolute Gasteiger partial charge is 0.309 e. The summed E-state index contributed by atoms with van der Waals surface area (Å²) in [5.74, 6) is -0.357. The first-order valence-electron chi connectivity index (χ1n) is 6.57. The van der Waals surface area contributed by atoms with Crippen LogP contribution in [0.15, 0.2) is 18.2 Å². The van der Waals surface area contributed by atoms with Gasteiger partial charge in [0.15, 0.2) is 0 Å². The highest BCUT2D eigenvalue weighted by Crippen LogP contribution is 2.20. The predicted molar refractivity (Wildman–Crippen MR) is 73.5 cm³/mol. The molecule has 1 atom stereocenters. The molecule has 1 aromatic rings. The molecule has 1 aliphatic heterocycles. The van der Waals surface area contributed by atoms with Crippen LogP contribution in [-0.2, 0) is 0 Å². The minimum atomic E-state index is -0.357. The van der Waals surface area contributed by atoms with Gasteiger partial charge in [-0.15, -0.1) is 0 Å². The molecule has 0 saturated carbocycles. The van der Waals surface area contributed by atoms with E-state index in [1.807, 2.05) is 0 Å². The standard InChI is InChI=1S/C14H20ClFN2/c1-11(12-4-5-14(16)13(15)10-12)17-6-9-18-7-2-3-8-18/h4-5,10-11,17H,2-3,6-9H2,1H3. The lowest BCUT2D eigenvalue weighted by atomic mass is 10.1. The van der Waals surface area contributed by atoms with Gasteiger partial charge in [-0.1, -0.05) is 17.7 Å². The smallest absolute Gasteiger partial charge is 0.141 e. The van der Waals surface area contributed by atoms with Gasteiger partial charge < -0.3 is 10.2 Å². The summed E-state index contributed by atoms with van der Waals surface area (Å²) in [6.45, 7) is 6.56. The van der Waals surface area contributed by atoms with Gasteiger partial charge in [-0.05, 0) is 50.6 Å². The van der Waals surface area contributed by atoms with E-state index >= 15 is 0 Å². The van der Waals surface area contributed by atoms with Crippen LogP contribution in [0, 0.1) is 5.82 Å². The maximum atomic E-state index is 13.1. The van der Waals surface area contributed by atoms with Crippen molar-refractivity contribution in [1.29, 1.82) is 0 Å². The Balaban J connectivity index is 1.79. The molecule has 0 amide bonds. The lowest BCUT2D eigenvalue weighted by Crippen LogP contribution is -2.31. The van der Waals surface area contributed by atoms with E-state index in [4.69, 9.17) is 11.6 Å². The van der Waals surface area contributed by atoms with E-state index in [2.05, 4.69) is 17.1 Å². The second kappa shape index (κ2) is 6.50. The van der Waals surface area contributed by atoms with Crippen molar-refractivity contribution in [1.82, 2.24) is 10.2 Å². The summed E-state index contributed by atoms with van der Waals surface area (Å²) in [6.07, 6.45) is 2.65. The van der Waals surface area contributed by atoms with Crippen LogP contribution in [0.4, 0.5) is 4.39 Å². The number of nitrogens with one attached hydrogen (secondary N) is 1. The first-order valence-corrected chi connectivity index (χ1v) is 6.95. The van der Waals surface area contributed by atoms with Crippen LogP contribution in [0.25, 0.3) is 0 Å². The van der Waals surface area contributed by atoms with Gasteiger partial charge in [0.25, 0.3) is 0 Å². The van der Waals surface area contributed by atoms with E-state index in [-0.39, 0.29) is 16.9 Å². The van der Waals surface area contributed by atoms with Gasteiger partial charge >= 0.3 is 0 Å². The van der Waals surface area contributed by atoms with Crippen molar-refractivity contribution in [2.75, 3.05) is 26.2 Å². The minimum absolute atomic E-state index is 0.195. The van der Waals surface area contributed by atoms with Gasteiger partial charge in [0, 0.05) is 19.1 Å². The average molecular weight is 271 g/mol. The Morgan fingerprint density at radius 1 is 1.39 bits per heavy atom. The molecule has 0 spiro atoms. The molecule has 1 saturated heterocycles. The summed E-state index contributed by atoms with van der Waals surface area (Å²) < 4.78 is 13.1. The maximum absolute atomic E-state index is 13.1. The second-order valence-corrected chi connectivity index (χ2v) is 5.31. The van der Waals surface area contributed by atoms with Crippen LogP contribution in [0.2, 0.25) is 5.02 Å². The van der Waals surface area contributed by atoms with Crippen molar-refractivity contribution in [3.05, 3.63) is 34.6 Å². The average Bonchev–Trinajstić information content (AvgIpc) is 2.85. The molecule has 0 aromatic heterocycles. The monoisotopic (exact) mass is 270 g/mol. The Kier molecular flexibility index (Phi) is 4.98. The van der Waals surface area contributed by atoms with Crippen LogP contribution < -0.4 is 5.32 Å². The Bertz CT molecular complexity index is 391. The number of hydrogen-bond acceptors (Lipinski definition) is 2. The van der Waals surface area contributed by atoms with Gasteiger partial charge in [-0.3, -0.25) is 0 Å². The zero-order valence-electron chi connectivity index (χ0n) is 10.8. The number of likely N-dealkylation sites (tertiary alicyclic amines) is 1. The number of halogens is 2. The Morgan fingerprint density at radius 3 is 2.78 bits per heavy atom. The maximum Gasteiger partial charge on any atom is 0.141 e. The highest BCUT2D eigenvalue weighted by molar-refractivity contribution is 6.30. The minimum Gasteiger partial charge on any atom is -0.309 e. The Morgan fingerprint density at radius 2 is 2.11 bits per heavy atom. The van der Waals surface area contributed by atoms with Crippen molar-refractivity contribution in [2.45, 2.75) is 25.8 Å². The summed E-state index contributed by atoms with van der Waals surface area (Å²) >= 11 is 5.78. The molecular formula is C14H20ClFN2. The third-order valence-electron chi connectivity index (χ3n) is 3.52. The van der Waals surface area contributed by atoms with E-state index in [1.54, 1.807) is 12.1 Å². The molecule has 2 rings (SSSR count). The van der Waals surface area contributed by atoms with E-state index in [1.165, 1.54) is 32.0 Å². The number of benzene rings is 1. The number of nitrogens with zero attached hydrogens (tertiary/aromatic N) is 1. The van der Waals surface area contributed by atoms with Crippen LogP contribution in [0.5, 0.6) is 0 Å². The van der Waals surface area contributed by atoms with Crippen LogP contribution in [0.3, 0.4) is 0 Å². The molecule has 0 aliphatic carbocycles. The molecule has 0 radical (unpaired) electrons. The summed E-state index contributed by atoms with van der Waals surface area (Å²) in [7, 11) is 0. The van der Waals surface area contributed by atoms with E-state index < -0.39 is 0 Å². The first kappa shape index (κ1) is 13.8. The lowest BCUT2D eigenvalue weighted by Gasteiger charge is -2.18. The summed E-state index contributed by atoms with van der Waals surface area (Å²) in [4.78, 5) is 2.47. The van der Waals surface area contributed by atoms with Gasteiger partial charge in [0.1, 0.15) is 5.82 Å². The van der Waals surface area contributed by atoms with E-state index in [0.717, 1.165) is 18.7 Å². The summed E-state index contributed by atoms with van der Waals surface area (Å²) in [5.41, 5.74) is 1.03. The fraction of sp³-hybridized carbons (Fsp3) is 0.571. The molecule has 100 valence electrons. The molecule has 1 aromatic carbocycles. The molecule has 0 bridgehead atoms. The zero-order valence-corrected chi connectivity index (χ0v) is 11.5. The third-order valence-corrected chi connectivity index (χ3v) is 3.81. The molecule has 18 heavy (non-hydrogen) atoms. The molecule has 1 aliphatic rings. The van der Waals surface area contributed by atoms with E-state index in [9.17, 15) is 4.39 Å². The fourth-order valence-electron chi connectivity index (χ4n) is 2.34. The highest BCUT2D eigenvalue weighted by atomic mass is 35.5. The van der Waals surface area contributed by atoms with Crippen molar-refractivity contribution in [2.24, 2.45) is 0 Å². The van der Waals surface area contributed by atoms with Crippen LogP contribution >= 0.6 is 11.6 Å². The molecule has 1 N–H and O–H groups in total. The van der Waals surface area contributed by atoms with Crippen LogP contribution in [-0.4, -0.2) is 31.1 Å². The van der Waals surface area contributed by atoms with Crippen LogP contribution in [0.1, 0.15) is 31.4 Å². The van der Waals surface area contributed by atoms with Crippen molar-refractivity contribution in [3.63, 3.8) is 0 Å². The molecule has 1 heterocycles. The van der Waals surface area contributed by atoms with Crippen molar-refractivity contribution >= 4 is 11.6 Å². The van der Waals surface area contributed by atoms with Gasteiger partial charge in [0.2, 0.25) is 0 Å². The van der Waals surface area contributed by atoms with E-state index in [0.29, 0.717) is 0 Å². The summed E-state index contributed by atoms with van der Waals surface area (Å²) in [5, 5.41) is 3.64. The van der Waals surface area contributed by atoms with Gasteiger partial charge in [-0.25, -0.2) is 4.39 Å². The second-order valence-electron chi connectivity index (χ2n) is 4.90. The van der Waals surface area contributed by atoms with Crippen molar-refractivity contribution < 1.29 is 4.39 Å². The Labute approximate surface area is 113 Å². The molecule has 2 nitrogen and oxygen atoms in total. The Hall–Kier alpha value is -0.640. The molecular weight excluding hydrogens is 251 g/mol. The zero-order chi connectivity index (χ0) is 13.0. The summed E-state index contributed by atoms with van der Waals surface area (Å²) in [6, 6.07) is 5.11. The van der Waals surface area contributed by atoms with Crippen molar-refractivity contribution in [3.8, 4) is 0 Å². The van der Waals surface area contributed by atoms with Gasteiger partial charge in [0.05, 0.1) is 5.02 Å². The molecule has 1 unspecified atom stereocenters. The normalized spacial score (nSPS) is 18.2. The SMILES string of the molecule is CC(NCCN1CCCC1)c1ccc(F)c(Cl)c1.